The van der Waals surface area contributed by atoms with Gasteiger partial charge < -0.3 is 15.0 Å². The van der Waals surface area contributed by atoms with Crippen molar-refractivity contribution in [2.45, 2.75) is 38.3 Å². The highest BCUT2D eigenvalue weighted by Gasteiger charge is 2.26. The van der Waals surface area contributed by atoms with Gasteiger partial charge in [0.2, 0.25) is 5.91 Å². The van der Waals surface area contributed by atoms with E-state index in [4.69, 9.17) is 4.74 Å². The number of pyridine rings is 1. The highest BCUT2D eigenvalue weighted by Crippen LogP contribution is 2.35. The molecule has 0 spiro atoms. The maximum absolute atomic E-state index is 13.4. The monoisotopic (exact) mass is 595 g/mol. The summed E-state index contributed by atoms with van der Waals surface area (Å²) in [4.78, 5) is 25.5. The summed E-state index contributed by atoms with van der Waals surface area (Å²) in [6.45, 7) is 5.19. The number of hydrogen-bond donors (Lipinski definition) is 1. The summed E-state index contributed by atoms with van der Waals surface area (Å²) in [5.41, 5.74) is 4.68. The van der Waals surface area contributed by atoms with E-state index in [1.807, 2.05) is 70.0 Å². The number of alkyl halides is 1. The topological polar surface area (TPSA) is 105 Å². The van der Waals surface area contributed by atoms with Crippen LogP contribution in [0, 0.1) is 6.92 Å². The van der Waals surface area contributed by atoms with Crippen LogP contribution in [-0.2, 0) is 4.79 Å². The molecule has 2 saturated heterocycles. The number of ether oxygens (including phenoxy) is 1. The van der Waals surface area contributed by atoms with Crippen molar-refractivity contribution in [2.75, 3.05) is 38.0 Å². The maximum atomic E-state index is 13.4. The second-order valence-electron chi connectivity index (χ2n) is 11.5. The fraction of sp³-hybridized carbons (Fsp3) is 0.344. The Morgan fingerprint density at radius 1 is 1.02 bits per heavy atom. The Morgan fingerprint density at radius 2 is 1.84 bits per heavy atom. The molecule has 226 valence electrons. The average Bonchev–Trinajstić information content (AvgIpc) is 3.78. The third kappa shape index (κ3) is 5.85. The van der Waals surface area contributed by atoms with Crippen molar-refractivity contribution in [3.05, 3.63) is 84.7 Å². The van der Waals surface area contributed by atoms with Crippen LogP contribution in [0.1, 0.15) is 36.3 Å². The number of likely N-dealkylation sites (tertiary alicyclic amines) is 2. The molecule has 2 aliphatic heterocycles. The molecular weight excluding hydrogens is 561 g/mol. The lowest BCUT2D eigenvalue weighted by molar-refractivity contribution is -0.127. The molecule has 0 bridgehead atoms. The molecule has 5 aromatic rings. The van der Waals surface area contributed by atoms with Crippen LogP contribution in [-0.4, -0.2) is 83.8 Å². The number of fused-ring (bicyclic) bond motifs is 2. The van der Waals surface area contributed by atoms with Crippen molar-refractivity contribution in [1.29, 1.82) is 0 Å². The lowest BCUT2D eigenvalue weighted by atomic mass is 9.90. The second-order valence-corrected chi connectivity index (χ2v) is 11.5. The Bertz CT molecular complexity index is 1830. The molecule has 0 aliphatic carbocycles. The van der Waals surface area contributed by atoms with Crippen LogP contribution in [0.3, 0.4) is 0 Å². The number of halogens is 1. The Labute approximate surface area is 254 Å². The number of carbonyl (C=O) groups excluding carboxylic acids is 1. The van der Waals surface area contributed by atoms with E-state index in [9.17, 15) is 9.18 Å². The van der Waals surface area contributed by atoms with Crippen LogP contribution in [0.4, 0.5) is 15.9 Å². The van der Waals surface area contributed by atoms with Crippen LogP contribution < -0.4 is 10.1 Å². The van der Waals surface area contributed by atoms with Gasteiger partial charge in [-0.2, -0.15) is 10.2 Å². The Hall–Kier alpha value is -4.84. The van der Waals surface area contributed by atoms with Crippen molar-refractivity contribution in [3.63, 3.8) is 0 Å². The standard InChI is InChI=1S/C32H34FN9O2/c1-22-17-25(4-5-28(22)44-26-9-15-41-29(18-26)34-20-36-41)38-32-31-27(10-16-42(31)37-21-35-32)23-6-13-40(14-7-23)30(43)3-2-11-39-12-8-24(33)19-39/h2-5,9-10,15-18,20-21,23-24H,6-8,11-14,19H2,1H3,(H,35,37,38)/b3-2+. The number of nitrogens with one attached hydrogen (secondary N) is 1. The van der Waals surface area contributed by atoms with Gasteiger partial charge in [-0.1, -0.05) is 6.08 Å². The van der Waals surface area contributed by atoms with E-state index < -0.39 is 6.17 Å². The lowest BCUT2D eigenvalue weighted by Crippen LogP contribution is -2.37. The number of rotatable bonds is 8. The number of carbonyl (C=O) groups is 1. The predicted octanol–water partition coefficient (Wildman–Crippen LogP) is 4.92. The Kier molecular flexibility index (Phi) is 7.65. The molecule has 0 radical (unpaired) electrons. The minimum Gasteiger partial charge on any atom is -0.457 e. The third-order valence-electron chi connectivity index (χ3n) is 8.49. The summed E-state index contributed by atoms with van der Waals surface area (Å²) in [5.74, 6) is 2.46. The molecule has 44 heavy (non-hydrogen) atoms. The van der Waals surface area contributed by atoms with Gasteiger partial charge in [-0.15, -0.1) is 0 Å². The van der Waals surface area contributed by atoms with Crippen molar-refractivity contribution >= 4 is 28.6 Å². The van der Waals surface area contributed by atoms with Crippen LogP contribution in [0.25, 0.3) is 11.2 Å². The number of aromatic nitrogens is 6. The molecule has 12 heteroatoms. The molecule has 1 N–H and O–H groups in total. The van der Waals surface area contributed by atoms with Gasteiger partial charge in [0.25, 0.3) is 0 Å². The fourth-order valence-corrected chi connectivity index (χ4v) is 6.13. The molecule has 11 nitrogen and oxygen atoms in total. The zero-order valence-electron chi connectivity index (χ0n) is 24.5. The van der Waals surface area contributed by atoms with E-state index in [0.717, 1.165) is 53.4 Å². The molecule has 1 atom stereocenters. The normalized spacial score (nSPS) is 18.1. The highest BCUT2D eigenvalue weighted by molar-refractivity contribution is 5.87. The average molecular weight is 596 g/mol. The van der Waals surface area contributed by atoms with E-state index in [1.165, 1.54) is 11.9 Å². The molecule has 1 aromatic carbocycles. The molecule has 0 saturated carbocycles. The minimum atomic E-state index is -0.748. The number of hydrogen-bond acceptors (Lipinski definition) is 8. The first-order valence-electron chi connectivity index (χ1n) is 15.0. The molecule has 7 rings (SSSR count). The molecule has 1 unspecified atom stereocenters. The van der Waals surface area contributed by atoms with Gasteiger partial charge >= 0.3 is 0 Å². The Balaban J connectivity index is 1.01. The van der Waals surface area contributed by atoms with Crippen molar-refractivity contribution < 1.29 is 13.9 Å². The summed E-state index contributed by atoms with van der Waals surface area (Å²) >= 11 is 0. The number of nitrogens with zero attached hydrogens (tertiary/aromatic N) is 8. The van der Waals surface area contributed by atoms with Gasteiger partial charge in [0.05, 0.1) is 0 Å². The summed E-state index contributed by atoms with van der Waals surface area (Å²) in [5, 5.41) is 12.1. The van der Waals surface area contributed by atoms with Crippen LogP contribution in [0.5, 0.6) is 11.5 Å². The van der Waals surface area contributed by atoms with E-state index >= 15 is 0 Å². The third-order valence-corrected chi connectivity index (χ3v) is 8.49. The van der Waals surface area contributed by atoms with E-state index in [2.05, 4.69) is 31.5 Å². The first-order valence-corrected chi connectivity index (χ1v) is 15.0. The van der Waals surface area contributed by atoms with Crippen LogP contribution >= 0.6 is 0 Å². The number of anilines is 2. The molecule has 4 aromatic heterocycles. The first-order chi connectivity index (χ1) is 21.5. The lowest BCUT2D eigenvalue weighted by Gasteiger charge is -2.31. The molecular formula is C32H34FN9O2. The summed E-state index contributed by atoms with van der Waals surface area (Å²) < 4.78 is 23.1. The number of aryl methyl sites for hydroxylation is 1. The van der Waals surface area contributed by atoms with E-state index in [1.54, 1.807) is 16.9 Å². The predicted molar refractivity (Wildman–Crippen MR) is 164 cm³/mol. The smallest absolute Gasteiger partial charge is 0.246 e. The van der Waals surface area contributed by atoms with Crippen molar-refractivity contribution in [3.8, 4) is 11.5 Å². The zero-order chi connectivity index (χ0) is 30.0. The van der Waals surface area contributed by atoms with Gasteiger partial charge in [-0.25, -0.2) is 23.4 Å². The van der Waals surface area contributed by atoms with Gasteiger partial charge in [-0.05, 0) is 73.6 Å². The van der Waals surface area contributed by atoms with Gasteiger partial charge in [0, 0.05) is 62.9 Å². The first kappa shape index (κ1) is 28.0. The SMILES string of the molecule is Cc1cc(Nc2ncnn3ccc(C4CCN(C(=O)/C=C/CN5CCC(F)C5)CC4)c23)ccc1Oc1ccn2ncnc2c1. The van der Waals surface area contributed by atoms with E-state index in [0.29, 0.717) is 38.3 Å². The number of piperidine rings is 1. The van der Waals surface area contributed by atoms with Gasteiger partial charge in [-0.3, -0.25) is 9.69 Å². The largest absolute Gasteiger partial charge is 0.457 e. The maximum Gasteiger partial charge on any atom is 0.246 e. The molecule has 6 heterocycles. The van der Waals surface area contributed by atoms with E-state index in [-0.39, 0.29) is 11.8 Å². The minimum absolute atomic E-state index is 0.0220. The molecule has 2 aliphatic rings. The van der Waals surface area contributed by atoms with Crippen LogP contribution in [0.15, 0.2) is 73.6 Å². The summed E-state index contributed by atoms with van der Waals surface area (Å²) in [7, 11) is 0. The van der Waals surface area contributed by atoms with Crippen molar-refractivity contribution in [1.82, 2.24) is 39.0 Å². The number of amides is 1. The number of benzene rings is 1. The summed E-state index contributed by atoms with van der Waals surface area (Å²) in [6.07, 6.45) is 11.9. The Morgan fingerprint density at radius 3 is 2.66 bits per heavy atom. The zero-order valence-corrected chi connectivity index (χ0v) is 24.5. The summed E-state index contributed by atoms with van der Waals surface area (Å²) in [6, 6.07) is 11.8. The van der Waals surface area contributed by atoms with Gasteiger partial charge in [0.1, 0.15) is 35.8 Å². The highest BCUT2D eigenvalue weighted by atomic mass is 19.1. The van der Waals surface area contributed by atoms with Crippen LogP contribution in [0.2, 0.25) is 0 Å². The van der Waals surface area contributed by atoms with Gasteiger partial charge in [0.15, 0.2) is 11.5 Å². The second kappa shape index (κ2) is 12.0. The quantitative estimate of drug-likeness (QED) is 0.252. The van der Waals surface area contributed by atoms with Crippen molar-refractivity contribution in [2.24, 2.45) is 0 Å². The molecule has 1 amide bonds. The fourth-order valence-electron chi connectivity index (χ4n) is 6.13. The molecule has 2 fully saturated rings.